The van der Waals surface area contributed by atoms with Crippen LogP contribution in [0.1, 0.15) is 13.8 Å². The van der Waals surface area contributed by atoms with E-state index >= 15 is 0 Å². The van der Waals surface area contributed by atoms with Crippen molar-refractivity contribution in [1.29, 1.82) is 0 Å². The van der Waals surface area contributed by atoms with E-state index in [4.69, 9.17) is 0 Å². The maximum Gasteiger partial charge on any atom is 0.235 e. The first-order valence-electron chi connectivity index (χ1n) is 3.77. The van der Waals surface area contributed by atoms with Crippen molar-refractivity contribution in [3.63, 3.8) is 0 Å². The molecule has 0 saturated carbocycles. The van der Waals surface area contributed by atoms with Gasteiger partial charge in [0.15, 0.2) is 9.84 Å². The summed E-state index contributed by atoms with van der Waals surface area (Å²) in [4.78, 5) is 10.9. The quantitative estimate of drug-likeness (QED) is 0.617. The molecule has 0 rings (SSSR count). The lowest BCUT2D eigenvalue weighted by Gasteiger charge is -2.17. The van der Waals surface area contributed by atoms with Crippen molar-refractivity contribution in [3.8, 4) is 0 Å². The molecule has 0 spiro atoms. The van der Waals surface area contributed by atoms with Crippen molar-refractivity contribution in [3.05, 3.63) is 0 Å². The van der Waals surface area contributed by atoms with Crippen LogP contribution in [0.15, 0.2) is 0 Å². The van der Waals surface area contributed by atoms with Crippen molar-refractivity contribution in [1.82, 2.24) is 5.32 Å². The van der Waals surface area contributed by atoms with Gasteiger partial charge in [-0.2, -0.15) is 0 Å². The van der Waals surface area contributed by atoms with Gasteiger partial charge in [0, 0.05) is 12.8 Å². The van der Waals surface area contributed by atoms with E-state index in [-0.39, 0.29) is 6.54 Å². The van der Waals surface area contributed by atoms with Gasteiger partial charge in [0.2, 0.25) is 5.91 Å². The number of aliphatic hydroxyl groups is 1. The van der Waals surface area contributed by atoms with Crippen LogP contribution >= 0.6 is 0 Å². The van der Waals surface area contributed by atoms with Crippen LogP contribution in [0.5, 0.6) is 0 Å². The Labute approximate surface area is 78.1 Å². The minimum Gasteiger partial charge on any atom is -0.389 e. The first-order chi connectivity index (χ1) is 5.60. The maximum atomic E-state index is 10.9. The Morgan fingerprint density at radius 3 is 2.23 bits per heavy atom. The summed E-state index contributed by atoms with van der Waals surface area (Å²) in [6.45, 7) is 3.09. The molecule has 0 radical (unpaired) electrons. The molecule has 0 aromatic carbocycles. The summed E-state index contributed by atoms with van der Waals surface area (Å²) in [5, 5.41) is 11.5. The lowest BCUT2D eigenvalue weighted by Crippen LogP contribution is -2.40. The average Bonchev–Trinajstić information content (AvgIpc) is 1.78. The fourth-order valence-corrected chi connectivity index (χ4v) is 1.18. The minimum atomic E-state index is -3.28. The fraction of sp³-hybridized carbons (Fsp3) is 0.857. The van der Waals surface area contributed by atoms with E-state index in [1.807, 2.05) is 0 Å². The zero-order chi connectivity index (χ0) is 10.7. The Kier molecular flexibility index (Phi) is 3.87. The van der Waals surface area contributed by atoms with Crippen LogP contribution in [0, 0.1) is 0 Å². The lowest BCUT2D eigenvalue weighted by molar-refractivity contribution is -0.119. The molecule has 0 bridgehead atoms. The van der Waals surface area contributed by atoms with Gasteiger partial charge in [0.05, 0.1) is 5.60 Å². The second kappa shape index (κ2) is 4.06. The SMILES string of the molecule is CC(C)(O)CNC(=O)CS(C)(=O)=O. The summed E-state index contributed by atoms with van der Waals surface area (Å²) in [6.07, 6.45) is 0.983. The molecule has 0 heterocycles. The van der Waals surface area contributed by atoms with Crippen LogP contribution in [-0.2, 0) is 14.6 Å². The smallest absolute Gasteiger partial charge is 0.235 e. The molecule has 0 aromatic rings. The molecule has 0 unspecified atom stereocenters. The van der Waals surface area contributed by atoms with E-state index in [0.29, 0.717) is 0 Å². The van der Waals surface area contributed by atoms with Crippen LogP contribution in [-0.4, -0.2) is 43.6 Å². The molecule has 0 aliphatic heterocycles. The van der Waals surface area contributed by atoms with Crippen LogP contribution in [0.25, 0.3) is 0 Å². The fourth-order valence-electron chi connectivity index (χ4n) is 0.604. The highest BCUT2D eigenvalue weighted by Gasteiger charge is 2.16. The predicted molar refractivity (Wildman–Crippen MR) is 49.0 cm³/mol. The number of hydrogen-bond acceptors (Lipinski definition) is 4. The van der Waals surface area contributed by atoms with E-state index in [1.54, 1.807) is 0 Å². The third kappa shape index (κ3) is 9.29. The second-order valence-corrected chi connectivity index (χ2v) is 5.80. The lowest BCUT2D eigenvalue weighted by atomic mass is 10.1. The highest BCUT2D eigenvalue weighted by atomic mass is 32.2. The van der Waals surface area contributed by atoms with Crippen LogP contribution < -0.4 is 5.32 Å². The number of rotatable bonds is 4. The van der Waals surface area contributed by atoms with E-state index < -0.39 is 27.1 Å². The molecule has 78 valence electrons. The number of carbonyl (C=O) groups excluding carboxylic acids is 1. The zero-order valence-corrected chi connectivity index (χ0v) is 8.81. The van der Waals surface area contributed by atoms with E-state index in [9.17, 15) is 18.3 Å². The minimum absolute atomic E-state index is 0.0430. The summed E-state index contributed by atoms with van der Waals surface area (Å²) in [7, 11) is -3.28. The molecule has 0 saturated heterocycles. The Hall–Kier alpha value is -0.620. The zero-order valence-electron chi connectivity index (χ0n) is 7.99. The van der Waals surface area contributed by atoms with Crippen molar-refractivity contribution in [2.75, 3.05) is 18.6 Å². The molecule has 0 aliphatic carbocycles. The monoisotopic (exact) mass is 209 g/mol. The van der Waals surface area contributed by atoms with Crippen molar-refractivity contribution < 1.29 is 18.3 Å². The molecule has 0 atom stereocenters. The summed E-state index contributed by atoms with van der Waals surface area (Å²) in [6, 6.07) is 0. The maximum absolute atomic E-state index is 10.9. The largest absolute Gasteiger partial charge is 0.389 e. The Balaban J connectivity index is 3.92. The number of amides is 1. The van der Waals surface area contributed by atoms with Gasteiger partial charge in [0.1, 0.15) is 5.75 Å². The number of sulfone groups is 1. The topological polar surface area (TPSA) is 83.5 Å². The number of nitrogens with one attached hydrogen (secondary N) is 1. The van der Waals surface area contributed by atoms with Gasteiger partial charge in [-0.3, -0.25) is 4.79 Å². The van der Waals surface area contributed by atoms with E-state index in [2.05, 4.69) is 5.32 Å². The summed E-state index contributed by atoms with van der Waals surface area (Å²) >= 11 is 0. The van der Waals surface area contributed by atoms with Gasteiger partial charge in [-0.25, -0.2) is 8.42 Å². The molecule has 0 aliphatic rings. The van der Waals surface area contributed by atoms with Gasteiger partial charge in [-0.15, -0.1) is 0 Å². The van der Waals surface area contributed by atoms with E-state index in [1.165, 1.54) is 13.8 Å². The summed E-state index contributed by atoms with van der Waals surface area (Å²) in [5.41, 5.74) is -1.02. The molecule has 0 aromatic heterocycles. The third-order valence-electron chi connectivity index (χ3n) is 1.11. The third-order valence-corrected chi connectivity index (χ3v) is 1.90. The van der Waals surface area contributed by atoms with Crippen LogP contribution in [0.2, 0.25) is 0 Å². The molecular weight excluding hydrogens is 194 g/mol. The van der Waals surface area contributed by atoms with Gasteiger partial charge in [-0.05, 0) is 13.8 Å². The van der Waals surface area contributed by atoms with Gasteiger partial charge in [0.25, 0.3) is 0 Å². The number of carbonyl (C=O) groups is 1. The standard InChI is InChI=1S/C7H15NO4S/c1-7(2,10)5-8-6(9)4-13(3,11)12/h10H,4-5H2,1-3H3,(H,8,9). The second-order valence-electron chi connectivity index (χ2n) is 3.66. The molecular formula is C7H15NO4S. The Bertz CT molecular complexity index is 275. The molecule has 6 heteroatoms. The Morgan fingerprint density at radius 1 is 1.46 bits per heavy atom. The molecule has 5 nitrogen and oxygen atoms in total. The average molecular weight is 209 g/mol. The first kappa shape index (κ1) is 12.4. The van der Waals surface area contributed by atoms with Crippen molar-refractivity contribution in [2.45, 2.75) is 19.4 Å². The Morgan fingerprint density at radius 2 is 1.92 bits per heavy atom. The normalized spacial score (nSPS) is 12.6. The predicted octanol–water partition coefficient (Wildman–Crippen LogP) is -1.08. The first-order valence-corrected chi connectivity index (χ1v) is 5.83. The molecule has 0 fully saturated rings. The molecule has 1 amide bonds. The van der Waals surface area contributed by atoms with Gasteiger partial charge in [-0.1, -0.05) is 0 Å². The highest BCUT2D eigenvalue weighted by molar-refractivity contribution is 7.91. The number of hydrogen-bond donors (Lipinski definition) is 2. The molecule has 2 N–H and O–H groups in total. The van der Waals surface area contributed by atoms with Crippen LogP contribution in [0.4, 0.5) is 0 Å². The van der Waals surface area contributed by atoms with Gasteiger partial charge < -0.3 is 10.4 Å². The summed E-state index contributed by atoms with van der Waals surface area (Å²) in [5.74, 6) is -1.13. The van der Waals surface area contributed by atoms with E-state index in [0.717, 1.165) is 6.26 Å². The highest BCUT2D eigenvalue weighted by Crippen LogP contribution is 1.97. The van der Waals surface area contributed by atoms with Crippen molar-refractivity contribution in [2.24, 2.45) is 0 Å². The van der Waals surface area contributed by atoms with Crippen molar-refractivity contribution >= 4 is 15.7 Å². The van der Waals surface area contributed by atoms with Crippen LogP contribution in [0.3, 0.4) is 0 Å². The van der Waals surface area contributed by atoms with Gasteiger partial charge >= 0.3 is 0 Å². The summed E-state index contributed by atoms with van der Waals surface area (Å²) < 4.78 is 21.3. The molecule has 13 heavy (non-hydrogen) atoms.